The van der Waals surface area contributed by atoms with E-state index in [1.54, 1.807) is 6.07 Å². The lowest BCUT2D eigenvalue weighted by Gasteiger charge is -2.40. The Kier molecular flexibility index (Phi) is 5.44. The number of hydrogen-bond donors (Lipinski definition) is 1. The Hall–Kier alpha value is -0.450. The molecule has 1 heterocycles. The Balaban J connectivity index is 2.13. The maximum absolute atomic E-state index is 13.4. The van der Waals surface area contributed by atoms with E-state index in [4.69, 9.17) is 4.74 Å². The monoisotopic (exact) mass is 357 g/mol. The summed E-state index contributed by atoms with van der Waals surface area (Å²) in [5.74, 6) is -0.201. The Morgan fingerprint density at radius 2 is 1.95 bits per heavy atom. The summed E-state index contributed by atoms with van der Waals surface area (Å²) >= 11 is 3.28. The normalized spacial score (nSPS) is 18.7. The van der Waals surface area contributed by atoms with E-state index >= 15 is 0 Å². The summed E-state index contributed by atoms with van der Waals surface area (Å²) in [6.07, 6.45) is 3.05. The first-order chi connectivity index (χ1) is 9.80. The second-order valence-electron chi connectivity index (χ2n) is 7.14. The lowest BCUT2D eigenvalue weighted by atomic mass is 9.74. The van der Waals surface area contributed by atoms with Crippen molar-refractivity contribution in [1.29, 1.82) is 0 Å². The Bertz CT molecular complexity index is 478. The molecule has 2 nitrogen and oxygen atoms in total. The van der Waals surface area contributed by atoms with Crippen molar-refractivity contribution in [3.05, 3.63) is 34.1 Å². The lowest BCUT2D eigenvalue weighted by molar-refractivity contribution is 0.0121. The van der Waals surface area contributed by atoms with Crippen LogP contribution in [-0.4, -0.2) is 25.3 Å². The minimum absolute atomic E-state index is 0.106. The molecule has 118 valence electrons. The molecule has 1 N–H and O–H groups in total. The van der Waals surface area contributed by atoms with Gasteiger partial charge in [0.25, 0.3) is 0 Å². The van der Waals surface area contributed by atoms with Gasteiger partial charge in [0, 0.05) is 25.3 Å². The molecule has 0 amide bonds. The molecule has 1 aliphatic heterocycles. The summed E-state index contributed by atoms with van der Waals surface area (Å²) in [5.41, 5.74) is 1.48. The van der Waals surface area contributed by atoms with Crippen molar-refractivity contribution in [2.75, 3.05) is 19.8 Å². The molecule has 1 saturated heterocycles. The average molecular weight is 358 g/mol. The number of hydrogen-bond acceptors (Lipinski definition) is 2. The molecule has 21 heavy (non-hydrogen) atoms. The van der Waals surface area contributed by atoms with Crippen molar-refractivity contribution < 1.29 is 9.13 Å². The summed E-state index contributed by atoms with van der Waals surface area (Å²) in [7, 11) is 0. The Morgan fingerprint density at radius 1 is 1.29 bits per heavy atom. The Labute approximate surface area is 135 Å². The first-order valence-corrected chi connectivity index (χ1v) is 8.36. The molecule has 2 rings (SSSR count). The molecule has 4 heteroatoms. The van der Waals surface area contributed by atoms with Crippen molar-refractivity contribution in [3.8, 4) is 0 Å². The number of rotatable bonds is 4. The molecule has 0 radical (unpaired) electrons. The van der Waals surface area contributed by atoms with E-state index in [9.17, 15) is 4.39 Å². The summed E-state index contributed by atoms with van der Waals surface area (Å²) in [4.78, 5) is 0. The molecule has 1 aliphatic rings. The van der Waals surface area contributed by atoms with Crippen molar-refractivity contribution in [2.45, 2.75) is 45.6 Å². The van der Waals surface area contributed by atoms with Crippen LogP contribution in [0.25, 0.3) is 0 Å². The number of nitrogens with one attached hydrogen (secondary N) is 1. The van der Waals surface area contributed by atoms with Gasteiger partial charge >= 0.3 is 0 Å². The minimum atomic E-state index is -0.201. The fourth-order valence-corrected chi connectivity index (χ4v) is 3.18. The van der Waals surface area contributed by atoms with E-state index in [1.807, 2.05) is 12.1 Å². The molecule has 0 spiro atoms. The van der Waals surface area contributed by atoms with Gasteiger partial charge in [0.05, 0.1) is 4.47 Å². The molecule has 0 saturated carbocycles. The number of benzene rings is 1. The maximum Gasteiger partial charge on any atom is 0.137 e. The third kappa shape index (κ3) is 5.04. The summed E-state index contributed by atoms with van der Waals surface area (Å²) in [6.45, 7) is 9.16. The van der Waals surface area contributed by atoms with Gasteiger partial charge in [-0.2, -0.15) is 0 Å². The molecular weight excluding hydrogens is 333 g/mol. The first-order valence-electron chi connectivity index (χ1n) is 7.56. The third-order valence-corrected chi connectivity index (χ3v) is 4.72. The van der Waals surface area contributed by atoms with Gasteiger partial charge in [-0.05, 0) is 79.1 Å². The van der Waals surface area contributed by atoms with Gasteiger partial charge in [-0.25, -0.2) is 4.39 Å². The van der Waals surface area contributed by atoms with E-state index in [1.165, 1.54) is 5.56 Å². The topological polar surface area (TPSA) is 21.3 Å². The Morgan fingerprint density at radius 3 is 2.52 bits per heavy atom. The third-order valence-electron chi connectivity index (χ3n) is 4.11. The molecule has 0 unspecified atom stereocenters. The smallest absolute Gasteiger partial charge is 0.137 e. The SMILES string of the molecule is CC(C)(C)NCC1(Cc2ccc(F)c(Br)c2)CCOCC1. The lowest BCUT2D eigenvalue weighted by Crippen LogP contribution is -2.47. The van der Waals surface area contributed by atoms with Crippen molar-refractivity contribution >= 4 is 15.9 Å². The van der Waals surface area contributed by atoms with Crippen LogP contribution in [0.2, 0.25) is 0 Å². The summed E-state index contributed by atoms with van der Waals surface area (Å²) < 4.78 is 19.5. The van der Waals surface area contributed by atoms with Crippen LogP contribution in [0.1, 0.15) is 39.2 Å². The van der Waals surface area contributed by atoms with Gasteiger partial charge in [-0.3, -0.25) is 0 Å². The van der Waals surface area contributed by atoms with Crippen LogP contribution in [0.4, 0.5) is 4.39 Å². The number of halogens is 2. The fourth-order valence-electron chi connectivity index (χ4n) is 2.76. The second-order valence-corrected chi connectivity index (χ2v) is 8.00. The van der Waals surface area contributed by atoms with Crippen molar-refractivity contribution in [1.82, 2.24) is 5.32 Å². The van der Waals surface area contributed by atoms with Crippen LogP contribution in [0, 0.1) is 11.2 Å². The maximum atomic E-state index is 13.4. The first kappa shape index (κ1) is 16.9. The highest BCUT2D eigenvalue weighted by atomic mass is 79.9. The molecule has 0 aromatic heterocycles. The molecule has 0 atom stereocenters. The fraction of sp³-hybridized carbons (Fsp3) is 0.647. The van der Waals surface area contributed by atoms with Crippen LogP contribution >= 0.6 is 15.9 Å². The molecule has 1 aromatic carbocycles. The highest BCUT2D eigenvalue weighted by Crippen LogP contribution is 2.35. The van der Waals surface area contributed by atoms with Crippen molar-refractivity contribution in [3.63, 3.8) is 0 Å². The van der Waals surface area contributed by atoms with Gasteiger partial charge in [0.1, 0.15) is 5.82 Å². The van der Waals surface area contributed by atoms with E-state index in [0.29, 0.717) is 4.47 Å². The van der Waals surface area contributed by atoms with E-state index in [2.05, 4.69) is 42.0 Å². The molecule has 1 aromatic rings. The predicted molar refractivity (Wildman–Crippen MR) is 88.0 cm³/mol. The zero-order valence-corrected chi connectivity index (χ0v) is 14.7. The molecule has 0 bridgehead atoms. The molecule has 1 fully saturated rings. The molecule has 0 aliphatic carbocycles. The highest BCUT2D eigenvalue weighted by Gasteiger charge is 2.33. The standard InChI is InChI=1S/C17H25BrFNO/c1-16(2,3)20-12-17(6-8-21-9-7-17)11-13-4-5-15(19)14(18)10-13/h4-5,10,20H,6-9,11-12H2,1-3H3. The largest absolute Gasteiger partial charge is 0.381 e. The van der Waals surface area contributed by atoms with Crippen LogP contribution in [-0.2, 0) is 11.2 Å². The zero-order chi connectivity index (χ0) is 15.5. The summed E-state index contributed by atoms with van der Waals surface area (Å²) in [6, 6.07) is 5.35. The van der Waals surface area contributed by atoms with Gasteiger partial charge in [0.15, 0.2) is 0 Å². The van der Waals surface area contributed by atoms with Crippen LogP contribution in [0.5, 0.6) is 0 Å². The minimum Gasteiger partial charge on any atom is -0.381 e. The van der Waals surface area contributed by atoms with E-state index in [0.717, 1.165) is 39.0 Å². The van der Waals surface area contributed by atoms with Gasteiger partial charge in [-0.1, -0.05) is 6.07 Å². The highest BCUT2D eigenvalue weighted by molar-refractivity contribution is 9.10. The quantitative estimate of drug-likeness (QED) is 0.866. The summed E-state index contributed by atoms with van der Waals surface area (Å²) in [5, 5.41) is 3.64. The number of ether oxygens (including phenoxy) is 1. The van der Waals surface area contributed by atoms with Gasteiger partial charge in [0.2, 0.25) is 0 Å². The molecular formula is C17H25BrFNO. The predicted octanol–water partition coefficient (Wildman–Crippen LogP) is 4.32. The van der Waals surface area contributed by atoms with Crippen molar-refractivity contribution in [2.24, 2.45) is 5.41 Å². The van der Waals surface area contributed by atoms with Gasteiger partial charge in [-0.15, -0.1) is 0 Å². The van der Waals surface area contributed by atoms with Crippen LogP contribution in [0.3, 0.4) is 0 Å². The van der Waals surface area contributed by atoms with Gasteiger partial charge < -0.3 is 10.1 Å². The van der Waals surface area contributed by atoms with E-state index < -0.39 is 0 Å². The van der Waals surface area contributed by atoms with Crippen LogP contribution < -0.4 is 5.32 Å². The van der Waals surface area contributed by atoms with Crippen LogP contribution in [0.15, 0.2) is 22.7 Å². The zero-order valence-electron chi connectivity index (χ0n) is 13.1. The van der Waals surface area contributed by atoms with E-state index in [-0.39, 0.29) is 16.8 Å². The average Bonchev–Trinajstić information content (AvgIpc) is 2.41. The second kappa shape index (κ2) is 6.76.